The van der Waals surface area contributed by atoms with Crippen LogP contribution in [0.5, 0.6) is 0 Å². The van der Waals surface area contributed by atoms with E-state index in [2.05, 4.69) is 31.1 Å². The maximum absolute atomic E-state index is 13.7. The molecule has 2 aromatic heterocycles. The number of benzene rings is 1. The molecule has 0 spiro atoms. The van der Waals surface area contributed by atoms with Gasteiger partial charge in [0.2, 0.25) is 0 Å². The minimum absolute atomic E-state index is 0.127. The number of nitrogens with two attached hydrogens (primary N) is 1. The monoisotopic (exact) mass is 485 g/mol. The lowest BCUT2D eigenvalue weighted by Gasteiger charge is -2.38. The Labute approximate surface area is 188 Å². The molecule has 3 aromatic rings. The van der Waals surface area contributed by atoms with Crippen LogP contribution in [-0.2, 0) is 29.2 Å². The highest BCUT2D eigenvalue weighted by Crippen LogP contribution is 2.32. The Morgan fingerprint density at radius 3 is 2.71 bits per heavy atom. The van der Waals surface area contributed by atoms with Gasteiger partial charge < -0.3 is 20.1 Å². The molecular formula is C22H24BrN5O3. The molecule has 0 saturated carbocycles. The largest absolute Gasteiger partial charge is 0.383 e. The van der Waals surface area contributed by atoms with Crippen molar-refractivity contribution in [3.8, 4) is 0 Å². The molecule has 0 unspecified atom stereocenters. The van der Waals surface area contributed by atoms with Crippen LogP contribution in [-0.4, -0.2) is 45.2 Å². The quantitative estimate of drug-likeness (QED) is 0.569. The molecule has 162 valence electrons. The number of amides is 1. The fourth-order valence-corrected chi connectivity index (χ4v) is 4.05. The molecule has 0 radical (unpaired) electrons. The summed E-state index contributed by atoms with van der Waals surface area (Å²) in [5.41, 5.74) is 9.40. The van der Waals surface area contributed by atoms with Crippen LogP contribution < -0.4 is 5.73 Å². The maximum Gasteiger partial charge on any atom is 0.254 e. The van der Waals surface area contributed by atoms with Crippen LogP contribution >= 0.6 is 15.9 Å². The molecule has 8 nitrogen and oxygen atoms in total. The second kappa shape index (κ2) is 8.49. The van der Waals surface area contributed by atoms with E-state index in [0.717, 1.165) is 22.0 Å². The molecule has 0 saturated heterocycles. The van der Waals surface area contributed by atoms with E-state index < -0.39 is 5.54 Å². The molecule has 0 atom stereocenters. The van der Waals surface area contributed by atoms with Crippen molar-refractivity contribution in [3.63, 3.8) is 0 Å². The lowest BCUT2D eigenvalue weighted by molar-refractivity contribution is 0.0225. The van der Waals surface area contributed by atoms with E-state index in [1.807, 2.05) is 38.1 Å². The Morgan fingerprint density at radius 2 is 2.00 bits per heavy atom. The van der Waals surface area contributed by atoms with E-state index in [9.17, 15) is 4.79 Å². The zero-order valence-electron chi connectivity index (χ0n) is 17.7. The topological polar surface area (TPSA) is 103 Å². The summed E-state index contributed by atoms with van der Waals surface area (Å²) >= 11 is 3.29. The van der Waals surface area contributed by atoms with E-state index in [0.29, 0.717) is 48.0 Å². The summed E-state index contributed by atoms with van der Waals surface area (Å²) in [5, 5.41) is 9.14. The fourth-order valence-electron chi connectivity index (χ4n) is 3.84. The summed E-state index contributed by atoms with van der Waals surface area (Å²) in [6.45, 7) is 5.51. The first-order valence-corrected chi connectivity index (χ1v) is 10.7. The SMILES string of the molecule is COCC(C)(C)N(Cc1ccc(Br)nn1)C(=O)c1ccc2nc(N)c3c(c2c1)COC3. The van der Waals surface area contributed by atoms with E-state index >= 15 is 0 Å². The van der Waals surface area contributed by atoms with Crippen LogP contribution in [0.25, 0.3) is 10.9 Å². The maximum atomic E-state index is 13.7. The van der Waals surface area contributed by atoms with Gasteiger partial charge in [-0.2, -0.15) is 5.10 Å². The van der Waals surface area contributed by atoms with E-state index in [1.54, 1.807) is 18.1 Å². The summed E-state index contributed by atoms with van der Waals surface area (Å²) in [6, 6.07) is 9.14. The molecule has 0 fully saturated rings. The van der Waals surface area contributed by atoms with Crippen LogP contribution in [0.2, 0.25) is 0 Å². The number of pyridine rings is 1. The molecule has 1 aliphatic heterocycles. The van der Waals surface area contributed by atoms with Gasteiger partial charge in [-0.25, -0.2) is 4.98 Å². The molecule has 31 heavy (non-hydrogen) atoms. The third-order valence-corrected chi connectivity index (χ3v) is 5.88. The van der Waals surface area contributed by atoms with Crippen molar-refractivity contribution in [2.75, 3.05) is 19.5 Å². The van der Waals surface area contributed by atoms with Crippen molar-refractivity contribution >= 4 is 38.6 Å². The number of rotatable bonds is 6. The van der Waals surface area contributed by atoms with Gasteiger partial charge in [-0.15, -0.1) is 5.10 Å². The summed E-state index contributed by atoms with van der Waals surface area (Å²) in [5.74, 6) is 0.355. The Hall–Kier alpha value is -2.62. The van der Waals surface area contributed by atoms with Crippen LogP contribution in [0, 0.1) is 0 Å². The fraction of sp³-hybridized carbons (Fsp3) is 0.364. The first kappa shape index (κ1) is 21.6. The molecule has 2 N–H and O–H groups in total. The molecule has 3 heterocycles. The number of fused-ring (bicyclic) bond motifs is 3. The standard InChI is InChI=1S/C22H24BrN5O3/c1-22(2,12-30-3)28(9-14-5-7-19(23)27-26-14)21(29)13-4-6-18-15(8-13)16-10-31-11-17(16)20(24)25-18/h4-8H,9-12H2,1-3H3,(H2,24,25). The first-order valence-electron chi connectivity index (χ1n) is 9.88. The number of ether oxygens (including phenoxy) is 2. The predicted molar refractivity (Wildman–Crippen MR) is 120 cm³/mol. The number of nitrogen functional groups attached to an aromatic ring is 1. The third-order valence-electron chi connectivity index (χ3n) is 5.46. The van der Waals surface area contributed by atoms with Crippen LogP contribution in [0.15, 0.2) is 34.9 Å². The van der Waals surface area contributed by atoms with Crippen LogP contribution in [0.4, 0.5) is 5.82 Å². The summed E-state index contributed by atoms with van der Waals surface area (Å²) < 4.78 is 11.6. The molecule has 4 rings (SSSR count). The second-order valence-corrected chi connectivity index (χ2v) is 8.98. The summed E-state index contributed by atoms with van der Waals surface area (Å²) in [4.78, 5) is 19.9. The Kier molecular flexibility index (Phi) is 5.92. The van der Waals surface area contributed by atoms with E-state index in [4.69, 9.17) is 15.2 Å². The van der Waals surface area contributed by atoms with Crippen LogP contribution in [0.1, 0.15) is 41.0 Å². The van der Waals surface area contributed by atoms with Crippen molar-refractivity contribution < 1.29 is 14.3 Å². The second-order valence-electron chi connectivity index (χ2n) is 8.16. The first-order chi connectivity index (χ1) is 14.8. The lowest BCUT2D eigenvalue weighted by Crippen LogP contribution is -2.50. The van der Waals surface area contributed by atoms with Gasteiger partial charge in [-0.3, -0.25) is 4.79 Å². The lowest BCUT2D eigenvalue weighted by atomic mass is 9.99. The van der Waals surface area contributed by atoms with Gasteiger partial charge in [0.1, 0.15) is 10.4 Å². The zero-order chi connectivity index (χ0) is 22.2. The normalized spacial score (nSPS) is 13.4. The van der Waals surface area contributed by atoms with Gasteiger partial charge in [0, 0.05) is 23.6 Å². The summed E-state index contributed by atoms with van der Waals surface area (Å²) in [7, 11) is 1.62. The van der Waals surface area contributed by atoms with Gasteiger partial charge in [-0.05, 0) is 65.7 Å². The number of aromatic nitrogens is 3. The smallest absolute Gasteiger partial charge is 0.254 e. The van der Waals surface area contributed by atoms with Crippen molar-refractivity contribution in [3.05, 3.63) is 57.3 Å². The average Bonchev–Trinajstić information content (AvgIpc) is 3.23. The molecular weight excluding hydrogens is 462 g/mol. The molecule has 9 heteroatoms. The predicted octanol–water partition coefficient (Wildman–Crippen LogP) is 3.47. The number of carbonyl (C=O) groups is 1. The zero-order valence-corrected chi connectivity index (χ0v) is 19.3. The number of carbonyl (C=O) groups excluding carboxylic acids is 1. The van der Waals surface area contributed by atoms with Crippen molar-refractivity contribution in [2.24, 2.45) is 0 Å². The van der Waals surface area contributed by atoms with Gasteiger partial charge in [0.05, 0.1) is 43.1 Å². The Balaban J connectivity index is 1.74. The number of nitrogens with zero attached hydrogens (tertiary/aromatic N) is 4. The van der Waals surface area contributed by atoms with Gasteiger partial charge >= 0.3 is 0 Å². The highest BCUT2D eigenvalue weighted by atomic mass is 79.9. The van der Waals surface area contributed by atoms with E-state index in [-0.39, 0.29) is 5.91 Å². The molecule has 1 aliphatic rings. The molecule has 0 aliphatic carbocycles. The van der Waals surface area contributed by atoms with Crippen LogP contribution in [0.3, 0.4) is 0 Å². The molecule has 1 aromatic carbocycles. The van der Waals surface area contributed by atoms with Crippen molar-refractivity contribution in [2.45, 2.75) is 39.1 Å². The molecule has 1 amide bonds. The minimum Gasteiger partial charge on any atom is -0.383 e. The summed E-state index contributed by atoms with van der Waals surface area (Å²) in [6.07, 6.45) is 0. The van der Waals surface area contributed by atoms with Crippen molar-refractivity contribution in [1.82, 2.24) is 20.1 Å². The van der Waals surface area contributed by atoms with Crippen molar-refractivity contribution in [1.29, 1.82) is 0 Å². The number of methoxy groups -OCH3 is 1. The number of hydrogen-bond acceptors (Lipinski definition) is 7. The molecule has 0 bridgehead atoms. The number of halogens is 1. The number of hydrogen-bond donors (Lipinski definition) is 1. The Morgan fingerprint density at radius 1 is 1.23 bits per heavy atom. The third kappa shape index (κ3) is 4.26. The van der Waals surface area contributed by atoms with Gasteiger partial charge in [0.25, 0.3) is 5.91 Å². The van der Waals surface area contributed by atoms with E-state index in [1.165, 1.54) is 0 Å². The highest BCUT2D eigenvalue weighted by Gasteiger charge is 2.32. The Bertz CT molecular complexity index is 1130. The van der Waals surface area contributed by atoms with Gasteiger partial charge in [0.15, 0.2) is 0 Å². The average molecular weight is 486 g/mol. The number of anilines is 1. The minimum atomic E-state index is -0.569. The van der Waals surface area contributed by atoms with Gasteiger partial charge in [-0.1, -0.05) is 0 Å². The highest BCUT2D eigenvalue weighted by molar-refractivity contribution is 9.10.